The zero-order chi connectivity index (χ0) is 22.1. The van der Waals surface area contributed by atoms with Crippen molar-refractivity contribution in [3.05, 3.63) is 47.7 Å². The van der Waals surface area contributed by atoms with E-state index in [4.69, 9.17) is 14.7 Å². The molecule has 2 aliphatic rings. The third-order valence-corrected chi connectivity index (χ3v) is 7.14. The SMILES string of the molecule is C=COCCC1CCC(COC2CCC(CCc3cc(F)c(C#N)c(F)c3)CC2)CC1. The van der Waals surface area contributed by atoms with Crippen molar-refractivity contribution in [2.24, 2.45) is 17.8 Å². The van der Waals surface area contributed by atoms with E-state index in [1.54, 1.807) is 6.07 Å². The summed E-state index contributed by atoms with van der Waals surface area (Å²) in [6.45, 7) is 5.26. The fourth-order valence-electron chi connectivity index (χ4n) is 5.11. The van der Waals surface area contributed by atoms with Crippen LogP contribution in [-0.2, 0) is 15.9 Å². The van der Waals surface area contributed by atoms with E-state index in [2.05, 4.69) is 6.58 Å². The summed E-state index contributed by atoms with van der Waals surface area (Å²) in [4.78, 5) is 0. The van der Waals surface area contributed by atoms with Gasteiger partial charge in [0.05, 0.1) is 19.0 Å². The van der Waals surface area contributed by atoms with Crippen LogP contribution in [0.1, 0.15) is 75.3 Å². The van der Waals surface area contributed by atoms with Gasteiger partial charge in [0.15, 0.2) is 0 Å². The van der Waals surface area contributed by atoms with Crippen molar-refractivity contribution >= 4 is 0 Å². The Morgan fingerprint density at radius 1 is 0.935 bits per heavy atom. The molecule has 0 radical (unpaired) electrons. The molecule has 0 aliphatic heterocycles. The van der Waals surface area contributed by atoms with E-state index in [1.165, 1.54) is 44.1 Å². The van der Waals surface area contributed by atoms with E-state index in [-0.39, 0.29) is 0 Å². The molecule has 0 bridgehead atoms. The van der Waals surface area contributed by atoms with E-state index in [9.17, 15) is 8.78 Å². The molecule has 3 rings (SSSR count). The number of ether oxygens (including phenoxy) is 2. The fraction of sp³-hybridized carbons (Fsp3) is 0.654. The molecular formula is C26H35F2NO2. The maximum atomic E-state index is 13.8. The molecule has 0 aromatic heterocycles. The second kappa shape index (κ2) is 12.2. The Hall–Kier alpha value is -1.93. The number of nitrogens with zero attached hydrogens (tertiary/aromatic N) is 1. The van der Waals surface area contributed by atoms with E-state index in [1.807, 2.05) is 0 Å². The molecule has 0 saturated heterocycles. The zero-order valence-corrected chi connectivity index (χ0v) is 18.5. The molecule has 1 aromatic carbocycles. The van der Waals surface area contributed by atoms with Crippen molar-refractivity contribution < 1.29 is 18.3 Å². The summed E-state index contributed by atoms with van der Waals surface area (Å²) < 4.78 is 39.1. The van der Waals surface area contributed by atoms with Crippen molar-refractivity contribution in [2.45, 2.75) is 76.7 Å². The van der Waals surface area contributed by atoms with Gasteiger partial charge in [-0.25, -0.2) is 8.78 Å². The number of benzene rings is 1. The van der Waals surface area contributed by atoms with Crippen LogP contribution in [0.25, 0.3) is 0 Å². The largest absolute Gasteiger partial charge is 0.502 e. The number of hydrogen-bond acceptors (Lipinski definition) is 3. The molecule has 2 saturated carbocycles. The number of hydrogen-bond donors (Lipinski definition) is 0. The standard InChI is InChI=1S/C26H35F2NO2/c1-2-30-14-13-20-3-6-21(7-4-20)18-31-23-11-9-19(10-12-23)5-8-22-15-25(27)24(17-29)26(28)16-22/h2,15-16,19-21,23H,1,3-14,18H2. The van der Waals surface area contributed by atoms with Gasteiger partial charge in [-0.15, -0.1) is 0 Å². The van der Waals surface area contributed by atoms with Crippen molar-refractivity contribution in [1.82, 2.24) is 0 Å². The summed E-state index contributed by atoms with van der Waals surface area (Å²) in [5, 5.41) is 8.78. The van der Waals surface area contributed by atoms with E-state index < -0.39 is 17.2 Å². The van der Waals surface area contributed by atoms with Gasteiger partial charge in [0.25, 0.3) is 0 Å². The molecular weight excluding hydrogens is 396 g/mol. The fourth-order valence-corrected chi connectivity index (χ4v) is 5.11. The summed E-state index contributed by atoms with van der Waals surface area (Å²) in [6.07, 6.45) is 14.0. The van der Waals surface area contributed by atoms with Crippen molar-refractivity contribution in [2.75, 3.05) is 13.2 Å². The maximum Gasteiger partial charge on any atom is 0.144 e. The quantitative estimate of drug-likeness (QED) is 0.306. The number of aryl methyl sites for hydroxylation is 1. The van der Waals surface area contributed by atoms with Gasteiger partial charge in [-0.2, -0.15) is 5.26 Å². The van der Waals surface area contributed by atoms with Crippen LogP contribution in [0.4, 0.5) is 8.78 Å². The van der Waals surface area contributed by atoms with Crippen molar-refractivity contribution in [3.8, 4) is 6.07 Å². The topological polar surface area (TPSA) is 42.2 Å². The van der Waals surface area contributed by atoms with Crippen LogP contribution < -0.4 is 0 Å². The minimum atomic E-state index is -0.756. The highest BCUT2D eigenvalue weighted by atomic mass is 19.1. The van der Waals surface area contributed by atoms with Gasteiger partial charge in [0, 0.05) is 6.61 Å². The highest BCUT2D eigenvalue weighted by molar-refractivity contribution is 5.35. The monoisotopic (exact) mass is 431 g/mol. The van der Waals surface area contributed by atoms with Crippen LogP contribution >= 0.6 is 0 Å². The lowest BCUT2D eigenvalue weighted by molar-refractivity contribution is -0.0106. The van der Waals surface area contributed by atoms with Crippen molar-refractivity contribution in [1.29, 1.82) is 5.26 Å². The predicted molar refractivity (Wildman–Crippen MR) is 117 cm³/mol. The van der Waals surface area contributed by atoms with Gasteiger partial charge >= 0.3 is 0 Å². The second-order valence-corrected chi connectivity index (χ2v) is 9.27. The van der Waals surface area contributed by atoms with Crippen LogP contribution in [0.2, 0.25) is 0 Å². The minimum Gasteiger partial charge on any atom is -0.502 e. The molecule has 3 nitrogen and oxygen atoms in total. The van der Waals surface area contributed by atoms with Crippen LogP contribution in [0, 0.1) is 40.7 Å². The number of halogens is 2. The molecule has 2 aliphatic carbocycles. The van der Waals surface area contributed by atoms with Gasteiger partial charge in [-0.3, -0.25) is 0 Å². The highest BCUT2D eigenvalue weighted by Crippen LogP contribution is 2.33. The first-order chi connectivity index (χ1) is 15.1. The first kappa shape index (κ1) is 23.7. The number of nitriles is 1. The molecule has 2 fully saturated rings. The Kier molecular flexibility index (Phi) is 9.33. The van der Waals surface area contributed by atoms with Crippen LogP contribution in [-0.4, -0.2) is 19.3 Å². The maximum absolute atomic E-state index is 13.8. The van der Waals surface area contributed by atoms with Gasteiger partial charge in [-0.05, 0) is 106 Å². The molecule has 0 atom stereocenters. The summed E-state index contributed by atoms with van der Waals surface area (Å²) >= 11 is 0. The first-order valence-electron chi connectivity index (χ1n) is 11.8. The third kappa shape index (κ3) is 7.31. The lowest BCUT2D eigenvalue weighted by Crippen LogP contribution is -2.26. The first-order valence-corrected chi connectivity index (χ1v) is 11.8. The summed E-state index contributed by atoms with van der Waals surface area (Å²) in [5.41, 5.74) is 0.149. The normalized spacial score (nSPS) is 26.2. The van der Waals surface area contributed by atoms with E-state index in [0.717, 1.165) is 57.7 Å². The van der Waals surface area contributed by atoms with Gasteiger partial charge < -0.3 is 9.47 Å². The molecule has 170 valence electrons. The Balaban J connectivity index is 1.30. The third-order valence-electron chi connectivity index (χ3n) is 7.14. The zero-order valence-electron chi connectivity index (χ0n) is 18.5. The molecule has 31 heavy (non-hydrogen) atoms. The molecule has 0 heterocycles. The van der Waals surface area contributed by atoms with Crippen LogP contribution in [0.3, 0.4) is 0 Å². The summed E-state index contributed by atoms with van der Waals surface area (Å²) in [6, 6.07) is 4.18. The average molecular weight is 432 g/mol. The molecule has 1 aromatic rings. The van der Waals surface area contributed by atoms with E-state index in [0.29, 0.717) is 29.9 Å². The Labute approximate surface area is 185 Å². The molecule has 5 heteroatoms. The van der Waals surface area contributed by atoms with Crippen LogP contribution in [0.5, 0.6) is 0 Å². The highest BCUT2D eigenvalue weighted by Gasteiger charge is 2.25. The van der Waals surface area contributed by atoms with Crippen molar-refractivity contribution in [3.63, 3.8) is 0 Å². The number of rotatable bonds is 10. The van der Waals surface area contributed by atoms with Crippen LogP contribution in [0.15, 0.2) is 25.0 Å². The Morgan fingerprint density at radius 2 is 1.52 bits per heavy atom. The average Bonchev–Trinajstić information content (AvgIpc) is 2.78. The minimum absolute atomic E-state index is 0.361. The molecule has 0 spiro atoms. The summed E-state index contributed by atoms with van der Waals surface area (Å²) in [5.74, 6) is 0.539. The van der Waals surface area contributed by atoms with Gasteiger partial charge in [0.2, 0.25) is 0 Å². The lowest BCUT2D eigenvalue weighted by Gasteiger charge is -2.32. The Bertz CT molecular complexity index is 721. The predicted octanol–water partition coefficient (Wildman–Crippen LogP) is 6.70. The molecule has 0 unspecified atom stereocenters. The summed E-state index contributed by atoms with van der Waals surface area (Å²) in [7, 11) is 0. The lowest BCUT2D eigenvalue weighted by atomic mass is 9.81. The Morgan fingerprint density at radius 3 is 2.13 bits per heavy atom. The van der Waals surface area contributed by atoms with E-state index >= 15 is 0 Å². The van der Waals surface area contributed by atoms with Gasteiger partial charge in [0.1, 0.15) is 23.3 Å². The smallest absolute Gasteiger partial charge is 0.144 e. The van der Waals surface area contributed by atoms with Gasteiger partial charge in [-0.1, -0.05) is 6.58 Å². The second-order valence-electron chi connectivity index (χ2n) is 9.27. The molecule has 0 amide bonds. The molecule has 0 N–H and O–H groups in total.